The fraction of sp³-hybridized carbons (Fsp3) is 0.200. The number of rotatable bonds is 3. The molecule has 1 atom stereocenters. The van der Waals surface area contributed by atoms with Crippen LogP contribution in [0.4, 0.5) is 4.39 Å². The summed E-state index contributed by atoms with van der Waals surface area (Å²) in [5.41, 5.74) is 2.35. The minimum Gasteiger partial charge on any atom is -0.322 e. The lowest BCUT2D eigenvalue weighted by atomic mass is 10.2. The zero-order chi connectivity index (χ0) is 15.0. The number of alkyl halides is 1. The highest BCUT2D eigenvalue weighted by molar-refractivity contribution is 6.31. The number of hydrogen-bond acceptors (Lipinski definition) is 2. The number of benzene rings is 1. The molecule has 2 aromatic heterocycles. The van der Waals surface area contributed by atoms with Crippen LogP contribution in [0.3, 0.4) is 0 Å². The van der Waals surface area contributed by atoms with Gasteiger partial charge in [-0.25, -0.2) is 9.37 Å². The van der Waals surface area contributed by atoms with Crippen LogP contribution in [0, 0.1) is 5.82 Å². The fourth-order valence-corrected chi connectivity index (χ4v) is 2.60. The number of pyridine rings is 1. The maximum absolute atomic E-state index is 13.8. The van der Waals surface area contributed by atoms with Gasteiger partial charge in [0.15, 0.2) is 0 Å². The summed E-state index contributed by atoms with van der Waals surface area (Å²) in [6.07, 6.45) is 3.44. The van der Waals surface area contributed by atoms with Crippen LogP contribution in [0.1, 0.15) is 23.7 Å². The van der Waals surface area contributed by atoms with E-state index in [4.69, 9.17) is 23.2 Å². The summed E-state index contributed by atoms with van der Waals surface area (Å²) in [5, 5.41) is -0.231. The van der Waals surface area contributed by atoms with Crippen molar-refractivity contribution >= 4 is 34.2 Å². The van der Waals surface area contributed by atoms with E-state index in [0.717, 1.165) is 5.56 Å². The van der Waals surface area contributed by atoms with Crippen molar-refractivity contribution in [3.8, 4) is 0 Å². The van der Waals surface area contributed by atoms with E-state index in [9.17, 15) is 4.39 Å². The van der Waals surface area contributed by atoms with Gasteiger partial charge in [-0.05, 0) is 30.7 Å². The van der Waals surface area contributed by atoms with Crippen molar-refractivity contribution in [3.63, 3.8) is 0 Å². The van der Waals surface area contributed by atoms with Crippen molar-refractivity contribution in [1.82, 2.24) is 14.5 Å². The van der Waals surface area contributed by atoms with Gasteiger partial charge in [-0.2, -0.15) is 0 Å². The molecule has 0 aliphatic heterocycles. The molecule has 108 valence electrons. The van der Waals surface area contributed by atoms with Crippen LogP contribution in [0.2, 0.25) is 5.02 Å². The minimum atomic E-state index is -0.464. The van der Waals surface area contributed by atoms with Crippen LogP contribution < -0.4 is 0 Å². The van der Waals surface area contributed by atoms with E-state index in [1.807, 2.05) is 23.6 Å². The van der Waals surface area contributed by atoms with E-state index in [1.54, 1.807) is 12.4 Å². The Morgan fingerprint density at radius 3 is 2.67 bits per heavy atom. The fourth-order valence-electron chi connectivity index (χ4n) is 2.28. The van der Waals surface area contributed by atoms with E-state index in [-0.39, 0.29) is 10.4 Å². The molecule has 3 aromatic rings. The second-order valence-electron chi connectivity index (χ2n) is 4.78. The van der Waals surface area contributed by atoms with E-state index >= 15 is 0 Å². The monoisotopic (exact) mass is 323 g/mol. The van der Waals surface area contributed by atoms with Crippen molar-refractivity contribution in [2.24, 2.45) is 0 Å². The number of hydrogen-bond donors (Lipinski definition) is 0. The van der Waals surface area contributed by atoms with Gasteiger partial charge in [0.05, 0.1) is 21.4 Å². The minimum absolute atomic E-state index is 0.0600. The topological polar surface area (TPSA) is 30.7 Å². The van der Waals surface area contributed by atoms with E-state index in [0.29, 0.717) is 23.4 Å². The zero-order valence-electron chi connectivity index (χ0n) is 11.2. The van der Waals surface area contributed by atoms with E-state index < -0.39 is 5.82 Å². The molecule has 0 N–H and O–H groups in total. The molecular weight excluding hydrogens is 312 g/mol. The zero-order valence-corrected chi connectivity index (χ0v) is 12.7. The maximum Gasteiger partial charge on any atom is 0.144 e. The van der Waals surface area contributed by atoms with Gasteiger partial charge in [0.1, 0.15) is 11.6 Å². The Morgan fingerprint density at radius 1 is 1.29 bits per heavy atom. The molecule has 0 saturated heterocycles. The molecular formula is C15H12Cl2FN3. The Bertz CT molecular complexity index is 784. The Balaban J connectivity index is 2.18. The summed E-state index contributed by atoms with van der Waals surface area (Å²) in [5.74, 6) is 0.221. The third-order valence-corrected chi connectivity index (χ3v) is 3.75. The van der Waals surface area contributed by atoms with Crippen LogP contribution >= 0.6 is 23.2 Å². The van der Waals surface area contributed by atoms with Gasteiger partial charge in [0.25, 0.3) is 0 Å². The quantitative estimate of drug-likeness (QED) is 0.661. The van der Waals surface area contributed by atoms with Crippen LogP contribution in [-0.4, -0.2) is 14.5 Å². The Hall–Kier alpha value is -1.65. The number of nitrogens with zero attached hydrogens (tertiary/aromatic N) is 3. The molecule has 2 heterocycles. The standard InChI is InChI=1S/C15H12Cl2FN3/c1-9(16)15-20-13-6-11(17)12(18)7-14(13)21(15)8-10-2-4-19-5-3-10/h2-7,9H,8H2,1H3. The second kappa shape index (κ2) is 5.62. The number of fused-ring (bicyclic) bond motifs is 1. The molecule has 1 aromatic carbocycles. The molecule has 0 radical (unpaired) electrons. The Labute approximate surface area is 131 Å². The molecule has 1 unspecified atom stereocenters. The Kier molecular flexibility index (Phi) is 3.83. The first kappa shape index (κ1) is 14.3. The smallest absolute Gasteiger partial charge is 0.144 e. The highest BCUT2D eigenvalue weighted by Crippen LogP contribution is 2.28. The summed E-state index contributed by atoms with van der Waals surface area (Å²) in [6.45, 7) is 2.39. The first-order chi connectivity index (χ1) is 10.1. The SMILES string of the molecule is CC(Cl)c1nc2cc(Cl)c(F)cc2n1Cc1ccncc1. The van der Waals surface area contributed by atoms with Gasteiger partial charge >= 0.3 is 0 Å². The third kappa shape index (κ3) is 2.74. The molecule has 6 heteroatoms. The average molecular weight is 324 g/mol. The number of imidazole rings is 1. The lowest BCUT2D eigenvalue weighted by Crippen LogP contribution is -2.06. The van der Waals surface area contributed by atoms with Gasteiger partial charge in [-0.15, -0.1) is 11.6 Å². The first-order valence-corrected chi connectivity index (χ1v) is 7.26. The second-order valence-corrected chi connectivity index (χ2v) is 5.84. The molecule has 0 amide bonds. The summed E-state index contributed by atoms with van der Waals surface area (Å²) in [4.78, 5) is 8.47. The van der Waals surface area contributed by atoms with Crippen LogP contribution in [0.5, 0.6) is 0 Å². The van der Waals surface area contributed by atoms with Crippen molar-refractivity contribution in [3.05, 3.63) is 58.9 Å². The van der Waals surface area contributed by atoms with Crippen molar-refractivity contribution in [1.29, 1.82) is 0 Å². The van der Waals surface area contributed by atoms with Gasteiger partial charge in [-0.3, -0.25) is 4.98 Å². The molecule has 0 spiro atoms. The molecule has 3 nitrogen and oxygen atoms in total. The summed E-state index contributed by atoms with van der Waals surface area (Å²) >= 11 is 12.0. The Morgan fingerprint density at radius 2 is 2.00 bits per heavy atom. The molecule has 21 heavy (non-hydrogen) atoms. The number of halogens is 3. The van der Waals surface area contributed by atoms with E-state index in [1.165, 1.54) is 12.1 Å². The van der Waals surface area contributed by atoms with Crippen molar-refractivity contribution < 1.29 is 4.39 Å². The molecule has 0 aliphatic carbocycles. The molecule has 0 aliphatic rings. The molecule has 0 fully saturated rings. The van der Waals surface area contributed by atoms with Gasteiger partial charge in [0, 0.05) is 25.0 Å². The maximum atomic E-state index is 13.8. The number of aromatic nitrogens is 3. The molecule has 0 saturated carbocycles. The predicted octanol–water partition coefficient (Wildman–Crippen LogP) is 4.57. The normalized spacial score (nSPS) is 12.8. The highest BCUT2D eigenvalue weighted by atomic mass is 35.5. The first-order valence-electron chi connectivity index (χ1n) is 6.44. The predicted molar refractivity (Wildman–Crippen MR) is 82.3 cm³/mol. The lowest BCUT2D eigenvalue weighted by Gasteiger charge is -2.10. The van der Waals surface area contributed by atoms with Gasteiger partial charge < -0.3 is 4.57 Å². The molecule has 0 bridgehead atoms. The highest BCUT2D eigenvalue weighted by Gasteiger charge is 2.17. The summed E-state index contributed by atoms with van der Waals surface area (Å²) < 4.78 is 15.7. The van der Waals surface area contributed by atoms with Crippen molar-refractivity contribution in [2.75, 3.05) is 0 Å². The summed E-state index contributed by atoms with van der Waals surface area (Å²) in [6, 6.07) is 6.73. The van der Waals surface area contributed by atoms with Crippen molar-refractivity contribution in [2.45, 2.75) is 18.8 Å². The summed E-state index contributed by atoms with van der Waals surface area (Å²) in [7, 11) is 0. The van der Waals surface area contributed by atoms with Gasteiger partial charge in [-0.1, -0.05) is 11.6 Å². The van der Waals surface area contributed by atoms with Crippen LogP contribution in [-0.2, 0) is 6.54 Å². The lowest BCUT2D eigenvalue weighted by molar-refractivity contribution is 0.628. The largest absolute Gasteiger partial charge is 0.322 e. The third-order valence-electron chi connectivity index (χ3n) is 3.27. The van der Waals surface area contributed by atoms with Crippen LogP contribution in [0.25, 0.3) is 11.0 Å². The molecule has 3 rings (SSSR count). The average Bonchev–Trinajstić information content (AvgIpc) is 2.79. The van der Waals surface area contributed by atoms with E-state index in [2.05, 4.69) is 9.97 Å². The van der Waals surface area contributed by atoms with Gasteiger partial charge in [0.2, 0.25) is 0 Å². The van der Waals surface area contributed by atoms with Crippen LogP contribution in [0.15, 0.2) is 36.7 Å².